The normalized spacial score (nSPS) is 24.1. The number of hydrogen-bond acceptors (Lipinski definition) is 2. The van der Waals surface area contributed by atoms with Crippen molar-refractivity contribution in [3.8, 4) is 0 Å². The molecule has 2 aromatic rings. The number of benzene rings is 2. The molecule has 1 aliphatic heterocycles. The van der Waals surface area contributed by atoms with Crippen LogP contribution >= 0.6 is 0 Å². The van der Waals surface area contributed by atoms with Gasteiger partial charge in [0.15, 0.2) is 0 Å². The van der Waals surface area contributed by atoms with Crippen LogP contribution in [0.4, 0.5) is 0 Å². The van der Waals surface area contributed by atoms with Crippen molar-refractivity contribution in [1.82, 2.24) is 5.01 Å². The van der Waals surface area contributed by atoms with Crippen LogP contribution in [0.2, 0.25) is 0 Å². The Morgan fingerprint density at radius 3 is 2.60 bits per heavy atom. The first-order valence-electron chi connectivity index (χ1n) is 7.29. The molecule has 2 aromatic carbocycles. The SMILES string of the molecule is CN1N=C2c3ccccc3CC[C@H]2C1c1ccccc1. The average molecular weight is 262 g/mol. The van der Waals surface area contributed by atoms with Crippen LogP contribution in [0.3, 0.4) is 0 Å². The highest BCUT2D eigenvalue weighted by Gasteiger charge is 2.39. The van der Waals surface area contributed by atoms with E-state index in [0.717, 1.165) is 6.42 Å². The molecule has 1 aliphatic carbocycles. The van der Waals surface area contributed by atoms with Crippen molar-refractivity contribution in [3.05, 3.63) is 71.3 Å². The van der Waals surface area contributed by atoms with Crippen LogP contribution in [0, 0.1) is 5.92 Å². The quantitative estimate of drug-likeness (QED) is 0.766. The Balaban J connectivity index is 1.77. The first-order chi connectivity index (χ1) is 9.84. The molecule has 0 bridgehead atoms. The van der Waals surface area contributed by atoms with Crippen molar-refractivity contribution in [2.75, 3.05) is 7.05 Å². The Kier molecular flexibility index (Phi) is 2.62. The van der Waals surface area contributed by atoms with Gasteiger partial charge in [-0.3, -0.25) is 5.01 Å². The summed E-state index contributed by atoms with van der Waals surface area (Å²) < 4.78 is 0. The highest BCUT2D eigenvalue weighted by molar-refractivity contribution is 6.05. The van der Waals surface area contributed by atoms with Crippen LogP contribution in [-0.2, 0) is 6.42 Å². The van der Waals surface area contributed by atoms with Crippen LogP contribution < -0.4 is 0 Å². The number of hydrazone groups is 1. The summed E-state index contributed by atoms with van der Waals surface area (Å²) in [7, 11) is 2.10. The van der Waals surface area contributed by atoms with Crippen LogP contribution in [0.1, 0.15) is 29.2 Å². The average Bonchev–Trinajstić information content (AvgIpc) is 2.84. The third-order valence-electron chi connectivity index (χ3n) is 4.56. The molecule has 0 fully saturated rings. The van der Waals surface area contributed by atoms with Gasteiger partial charge in [-0.2, -0.15) is 5.10 Å². The molecule has 0 saturated heterocycles. The van der Waals surface area contributed by atoms with Gasteiger partial charge in [0.25, 0.3) is 0 Å². The van der Waals surface area contributed by atoms with Gasteiger partial charge in [-0.05, 0) is 24.0 Å². The Labute approximate surface area is 119 Å². The zero-order valence-corrected chi connectivity index (χ0v) is 11.7. The molecule has 2 nitrogen and oxygen atoms in total. The van der Waals surface area contributed by atoms with E-state index in [1.807, 2.05) is 0 Å². The van der Waals surface area contributed by atoms with E-state index in [0.29, 0.717) is 12.0 Å². The minimum absolute atomic E-state index is 0.388. The van der Waals surface area contributed by atoms with Crippen molar-refractivity contribution < 1.29 is 0 Å². The van der Waals surface area contributed by atoms with Crippen molar-refractivity contribution in [1.29, 1.82) is 0 Å². The molecule has 0 N–H and O–H groups in total. The summed E-state index contributed by atoms with van der Waals surface area (Å²) in [6.07, 6.45) is 2.36. The van der Waals surface area contributed by atoms with Gasteiger partial charge in [-0.25, -0.2) is 0 Å². The highest BCUT2D eigenvalue weighted by Crippen LogP contribution is 2.42. The first kappa shape index (κ1) is 11.7. The number of fused-ring (bicyclic) bond motifs is 3. The fraction of sp³-hybridized carbons (Fsp3) is 0.278. The third-order valence-corrected chi connectivity index (χ3v) is 4.56. The molecule has 0 aromatic heterocycles. The van der Waals surface area contributed by atoms with Gasteiger partial charge in [0, 0.05) is 18.5 Å². The fourth-order valence-corrected chi connectivity index (χ4v) is 3.66. The lowest BCUT2D eigenvalue weighted by Crippen LogP contribution is -2.27. The summed E-state index contributed by atoms with van der Waals surface area (Å²) in [5.74, 6) is 0.525. The van der Waals surface area contributed by atoms with Crippen molar-refractivity contribution in [2.45, 2.75) is 18.9 Å². The van der Waals surface area contributed by atoms with Gasteiger partial charge in [0.05, 0.1) is 11.8 Å². The third kappa shape index (κ3) is 1.68. The summed E-state index contributed by atoms with van der Waals surface area (Å²) in [6.45, 7) is 0. The maximum absolute atomic E-state index is 4.86. The topological polar surface area (TPSA) is 15.6 Å². The molecule has 2 aliphatic rings. The number of rotatable bonds is 1. The van der Waals surface area contributed by atoms with E-state index in [2.05, 4.69) is 66.7 Å². The molecule has 0 saturated carbocycles. The molecule has 1 unspecified atom stereocenters. The number of hydrogen-bond donors (Lipinski definition) is 0. The van der Waals surface area contributed by atoms with E-state index in [4.69, 9.17) is 5.10 Å². The zero-order chi connectivity index (χ0) is 13.5. The monoisotopic (exact) mass is 262 g/mol. The highest BCUT2D eigenvalue weighted by atomic mass is 15.5. The molecule has 20 heavy (non-hydrogen) atoms. The second-order valence-electron chi connectivity index (χ2n) is 5.72. The van der Waals surface area contributed by atoms with Gasteiger partial charge in [0.2, 0.25) is 0 Å². The zero-order valence-electron chi connectivity index (χ0n) is 11.7. The lowest BCUT2D eigenvalue weighted by molar-refractivity contribution is 0.244. The molecule has 100 valence electrons. The standard InChI is InChI=1S/C18H18N2/c1-20-18(14-8-3-2-4-9-14)16-12-11-13-7-5-6-10-15(13)17(16)19-20/h2-10,16,18H,11-12H2,1H3/t16-,18?/m1/s1. The molecular weight excluding hydrogens is 244 g/mol. The van der Waals surface area contributed by atoms with E-state index in [1.54, 1.807) is 0 Å². The molecule has 2 heteroatoms. The number of aryl methyl sites for hydroxylation is 1. The van der Waals surface area contributed by atoms with E-state index in [1.165, 1.54) is 28.8 Å². The number of nitrogens with zero attached hydrogens (tertiary/aromatic N) is 2. The lowest BCUT2D eigenvalue weighted by Gasteiger charge is -2.28. The van der Waals surface area contributed by atoms with Crippen molar-refractivity contribution >= 4 is 5.71 Å². The Hall–Kier alpha value is -2.09. The predicted molar refractivity (Wildman–Crippen MR) is 81.7 cm³/mol. The largest absolute Gasteiger partial charge is 0.292 e. The minimum atomic E-state index is 0.388. The molecule has 0 amide bonds. The van der Waals surface area contributed by atoms with Crippen LogP contribution in [0.15, 0.2) is 59.7 Å². The van der Waals surface area contributed by atoms with E-state index >= 15 is 0 Å². The molecule has 0 spiro atoms. The van der Waals surface area contributed by atoms with Gasteiger partial charge < -0.3 is 0 Å². The van der Waals surface area contributed by atoms with Gasteiger partial charge in [0.1, 0.15) is 0 Å². The summed E-state index contributed by atoms with van der Waals surface area (Å²) in [5, 5.41) is 7.01. The maximum atomic E-state index is 4.86. The molecule has 2 atom stereocenters. The summed E-state index contributed by atoms with van der Waals surface area (Å²) in [6, 6.07) is 19.9. The van der Waals surface area contributed by atoms with E-state index in [-0.39, 0.29) is 0 Å². The smallest absolute Gasteiger partial charge is 0.0801 e. The minimum Gasteiger partial charge on any atom is -0.292 e. The second-order valence-corrected chi connectivity index (χ2v) is 5.72. The summed E-state index contributed by atoms with van der Waals surface area (Å²) in [4.78, 5) is 0. The fourth-order valence-electron chi connectivity index (χ4n) is 3.66. The Morgan fingerprint density at radius 2 is 1.75 bits per heavy atom. The first-order valence-corrected chi connectivity index (χ1v) is 7.29. The van der Waals surface area contributed by atoms with E-state index in [9.17, 15) is 0 Å². The van der Waals surface area contributed by atoms with Gasteiger partial charge >= 0.3 is 0 Å². The molecule has 0 radical (unpaired) electrons. The molecule has 4 rings (SSSR count). The molecule has 1 heterocycles. The Morgan fingerprint density at radius 1 is 1.00 bits per heavy atom. The van der Waals surface area contributed by atoms with Gasteiger partial charge in [-0.15, -0.1) is 0 Å². The predicted octanol–water partition coefficient (Wildman–Crippen LogP) is 3.64. The maximum Gasteiger partial charge on any atom is 0.0801 e. The van der Waals surface area contributed by atoms with Gasteiger partial charge in [-0.1, -0.05) is 54.6 Å². The summed E-state index contributed by atoms with van der Waals surface area (Å²) >= 11 is 0. The van der Waals surface area contributed by atoms with E-state index < -0.39 is 0 Å². The lowest BCUT2D eigenvalue weighted by atomic mass is 9.77. The Bertz CT molecular complexity index is 660. The summed E-state index contributed by atoms with van der Waals surface area (Å²) in [5.41, 5.74) is 5.46. The second kappa shape index (κ2) is 4.48. The van der Waals surface area contributed by atoms with Crippen LogP contribution in [0.25, 0.3) is 0 Å². The van der Waals surface area contributed by atoms with Crippen LogP contribution in [0.5, 0.6) is 0 Å². The van der Waals surface area contributed by atoms with Crippen molar-refractivity contribution in [2.24, 2.45) is 11.0 Å². The van der Waals surface area contributed by atoms with Crippen molar-refractivity contribution in [3.63, 3.8) is 0 Å². The molecular formula is C18H18N2. The van der Waals surface area contributed by atoms with Crippen LogP contribution in [-0.4, -0.2) is 17.8 Å².